The molecule has 0 bridgehead atoms. The fourth-order valence-corrected chi connectivity index (χ4v) is 3.85. The highest BCUT2D eigenvalue weighted by Crippen LogP contribution is 2.20. The smallest absolute Gasteiger partial charge is 0.305 e. The molecule has 3 aromatic heterocycles. The van der Waals surface area contributed by atoms with Crippen molar-refractivity contribution in [3.8, 4) is 0 Å². The maximum Gasteiger partial charge on any atom is 0.305 e. The van der Waals surface area contributed by atoms with Crippen LogP contribution in [0.2, 0.25) is 0 Å². The van der Waals surface area contributed by atoms with Crippen molar-refractivity contribution >= 4 is 23.4 Å². The number of amides is 1. The second kappa shape index (κ2) is 10.6. The van der Waals surface area contributed by atoms with Gasteiger partial charge in [0.25, 0.3) is 5.56 Å². The van der Waals surface area contributed by atoms with E-state index >= 15 is 0 Å². The Bertz CT molecular complexity index is 1230. The van der Waals surface area contributed by atoms with Crippen LogP contribution < -0.4 is 21.5 Å². The number of aryl methyl sites for hydroxylation is 1. The second-order valence-corrected chi connectivity index (χ2v) is 8.05. The molecule has 0 spiro atoms. The van der Waals surface area contributed by atoms with E-state index in [1.54, 1.807) is 30.5 Å². The van der Waals surface area contributed by atoms with E-state index in [2.05, 4.69) is 32.0 Å². The van der Waals surface area contributed by atoms with Gasteiger partial charge >= 0.3 is 5.97 Å². The van der Waals surface area contributed by atoms with Crippen LogP contribution in [0.4, 0.5) is 11.5 Å². The number of rotatable bonds is 9. The van der Waals surface area contributed by atoms with E-state index in [4.69, 9.17) is 0 Å². The van der Waals surface area contributed by atoms with E-state index in [1.165, 1.54) is 22.5 Å². The van der Waals surface area contributed by atoms with Crippen LogP contribution >= 0.6 is 0 Å². The van der Waals surface area contributed by atoms with Gasteiger partial charge in [-0.05, 0) is 48.2 Å². The first kappa shape index (κ1) is 23.0. The van der Waals surface area contributed by atoms with E-state index in [0.29, 0.717) is 17.8 Å². The third-order valence-corrected chi connectivity index (χ3v) is 5.55. The summed E-state index contributed by atoms with van der Waals surface area (Å²) >= 11 is 0. The fraction of sp³-hybridized carbons (Fsp3) is 0.292. The van der Waals surface area contributed by atoms with Crippen LogP contribution in [0.1, 0.15) is 35.7 Å². The average Bonchev–Trinajstić information content (AvgIpc) is 2.84. The summed E-state index contributed by atoms with van der Waals surface area (Å²) in [6, 6.07) is 9.93. The van der Waals surface area contributed by atoms with Gasteiger partial charge in [-0.15, -0.1) is 0 Å². The van der Waals surface area contributed by atoms with Crippen molar-refractivity contribution in [3.05, 3.63) is 82.2 Å². The Labute approximate surface area is 196 Å². The van der Waals surface area contributed by atoms with Gasteiger partial charge in [0.05, 0.1) is 24.7 Å². The van der Waals surface area contributed by atoms with E-state index in [-0.39, 0.29) is 18.5 Å². The summed E-state index contributed by atoms with van der Waals surface area (Å²) < 4.78 is 1.28. The fourth-order valence-electron chi connectivity index (χ4n) is 3.85. The molecule has 0 radical (unpaired) electrons. The van der Waals surface area contributed by atoms with Crippen molar-refractivity contribution in [2.45, 2.75) is 38.4 Å². The van der Waals surface area contributed by atoms with Gasteiger partial charge < -0.3 is 25.6 Å². The van der Waals surface area contributed by atoms with E-state index in [0.717, 1.165) is 30.9 Å². The van der Waals surface area contributed by atoms with Crippen LogP contribution in [0.3, 0.4) is 0 Å². The predicted octanol–water partition coefficient (Wildman–Crippen LogP) is 1.94. The minimum atomic E-state index is -1.05. The first-order valence-corrected chi connectivity index (χ1v) is 11.1. The Morgan fingerprint density at radius 3 is 2.88 bits per heavy atom. The summed E-state index contributed by atoms with van der Waals surface area (Å²) in [7, 11) is 0. The second-order valence-electron chi connectivity index (χ2n) is 8.05. The van der Waals surface area contributed by atoms with Crippen LogP contribution in [0, 0.1) is 0 Å². The van der Waals surface area contributed by atoms with Crippen LogP contribution in [0.25, 0.3) is 0 Å². The molecule has 10 heteroatoms. The number of carboxylic acid groups (broad SMARTS) is 1. The Kier molecular flexibility index (Phi) is 7.16. The molecule has 10 nitrogen and oxygen atoms in total. The summed E-state index contributed by atoms with van der Waals surface area (Å²) in [6.45, 7) is 1.02. The van der Waals surface area contributed by atoms with Crippen molar-refractivity contribution < 1.29 is 14.7 Å². The molecule has 34 heavy (non-hydrogen) atoms. The van der Waals surface area contributed by atoms with Crippen LogP contribution in [-0.2, 0) is 29.1 Å². The largest absolute Gasteiger partial charge is 0.481 e. The molecule has 1 amide bonds. The lowest BCUT2D eigenvalue weighted by Crippen LogP contribution is -2.36. The van der Waals surface area contributed by atoms with E-state index in [9.17, 15) is 19.5 Å². The van der Waals surface area contributed by atoms with E-state index in [1.807, 2.05) is 6.07 Å². The number of aliphatic carboxylic acids is 1. The van der Waals surface area contributed by atoms with Crippen LogP contribution in [0.5, 0.6) is 0 Å². The number of nitrogens with one attached hydrogen (secondary N) is 3. The third-order valence-electron chi connectivity index (χ3n) is 5.55. The Morgan fingerprint density at radius 1 is 1.21 bits per heavy atom. The quantitative estimate of drug-likeness (QED) is 0.379. The number of fused-ring (bicyclic) bond motifs is 1. The number of carbonyl (C=O) groups is 2. The molecule has 1 aliphatic rings. The Hall–Kier alpha value is -4.21. The number of anilines is 2. The average molecular weight is 463 g/mol. The number of hydrogen-bond acceptors (Lipinski definition) is 7. The highest BCUT2D eigenvalue weighted by Gasteiger charge is 2.19. The molecule has 3 aromatic rings. The van der Waals surface area contributed by atoms with Gasteiger partial charge in [-0.2, -0.15) is 0 Å². The third kappa shape index (κ3) is 5.77. The number of aromatic nitrogens is 3. The van der Waals surface area contributed by atoms with Crippen molar-refractivity contribution in [1.29, 1.82) is 0 Å². The maximum absolute atomic E-state index is 12.9. The molecule has 0 aromatic carbocycles. The van der Waals surface area contributed by atoms with Gasteiger partial charge in [-0.25, -0.2) is 4.98 Å². The first-order chi connectivity index (χ1) is 16.5. The van der Waals surface area contributed by atoms with Crippen molar-refractivity contribution in [2.24, 2.45) is 0 Å². The van der Waals surface area contributed by atoms with Crippen molar-refractivity contribution in [3.63, 3.8) is 0 Å². The molecule has 4 rings (SSSR count). The summed E-state index contributed by atoms with van der Waals surface area (Å²) in [6.07, 6.45) is 6.39. The molecule has 0 aliphatic carbocycles. The highest BCUT2D eigenvalue weighted by atomic mass is 16.4. The van der Waals surface area contributed by atoms with E-state index < -0.39 is 17.9 Å². The zero-order chi connectivity index (χ0) is 23.9. The summed E-state index contributed by atoms with van der Waals surface area (Å²) in [5, 5.41) is 18.3. The Balaban J connectivity index is 1.41. The molecule has 4 heterocycles. The SMILES string of the molecule is O=C(O)C[C@H](NC(=O)Cn1cccc(NCc2ccc3c(n2)NCCC3)c1=O)c1cccnc1. The zero-order valence-corrected chi connectivity index (χ0v) is 18.5. The zero-order valence-electron chi connectivity index (χ0n) is 18.5. The molecule has 0 unspecified atom stereocenters. The lowest BCUT2D eigenvalue weighted by atomic mass is 10.1. The normalized spacial score (nSPS) is 13.3. The van der Waals surface area contributed by atoms with Crippen molar-refractivity contribution in [2.75, 3.05) is 17.2 Å². The highest BCUT2D eigenvalue weighted by molar-refractivity contribution is 5.77. The predicted molar refractivity (Wildman–Crippen MR) is 126 cm³/mol. The summed E-state index contributed by atoms with van der Waals surface area (Å²) in [5.41, 5.74) is 2.55. The molecule has 0 saturated carbocycles. The molecule has 0 saturated heterocycles. The van der Waals surface area contributed by atoms with Gasteiger partial charge in [0.2, 0.25) is 5.91 Å². The lowest BCUT2D eigenvalue weighted by molar-refractivity contribution is -0.137. The number of carboxylic acids is 1. The standard InChI is InChI=1S/C24H26N6O4/c31-21(29-20(12-22(32)33)17-5-1-9-25-13-17)15-30-11-3-6-19(24(30)34)27-14-18-8-7-16-4-2-10-26-23(16)28-18/h1,3,5-9,11,13,20,27H,2,4,10,12,14-15H2,(H,26,28)(H,29,31)(H,32,33)/t20-/m0/s1. The molecule has 1 atom stereocenters. The Morgan fingerprint density at radius 2 is 2.09 bits per heavy atom. The summed E-state index contributed by atoms with van der Waals surface area (Å²) in [5.74, 6) is -0.641. The van der Waals surface area contributed by atoms with Gasteiger partial charge in [-0.3, -0.25) is 19.4 Å². The van der Waals surface area contributed by atoms with Crippen LogP contribution in [-0.4, -0.2) is 38.1 Å². The van der Waals surface area contributed by atoms with Gasteiger partial charge in [0, 0.05) is 25.1 Å². The minimum absolute atomic E-state index is 0.244. The number of nitrogens with zero attached hydrogens (tertiary/aromatic N) is 3. The van der Waals surface area contributed by atoms with Gasteiger partial charge in [0.15, 0.2) is 0 Å². The lowest BCUT2D eigenvalue weighted by Gasteiger charge is -2.18. The topological polar surface area (TPSA) is 138 Å². The molecular weight excluding hydrogens is 436 g/mol. The van der Waals surface area contributed by atoms with Gasteiger partial charge in [0.1, 0.15) is 18.1 Å². The monoisotopic (exact) mass is 462 g/mol. The molecule has 1 aliphatic heterocycles. The number of carbonyl (C=O) groups excluding carboxylic acids is 1. The number of pyridine rings is 3. The minimum Gasteiger partial charge on any atom is -0.481 e. The van der Waals surface area contributed by atoms with Gasteiger partial charge in [-0.1, -0.05) is 12.1 Å². The molecule has 4 N–H and O–H groups in total. The van der Waals surface area contributed by atoms with Crippen LogP contribution in [0.15, 0.2) is 59.8 Å². The molecule has 176 valence electrons. The first-order valence-electron chi connectivity index (χ1n) is 11.1. The maximum atomic E-state index is 12.9. The number of hydrogen-bond donors (Lipinski definition) is 4. The molecular formula is C24H26N6O4. The van der Waals surface area contributed by atoms with Crippen molar-refractivity contribution in [1.82, 2.24) is 19.9 Å². The molecule has 0 fully saturated rings. The summed E-state index contributed by atoms with van der Waals surface area (Å²) in [4.78, 5) is 45.4.